The summed E-state index contributed by atoms with van der Waals surface area (Å²) in [4.78, 5) is 2.64. The van der Waals surface area contributed by atoms with E-state index < -0.39 is 0 Å². The van der Waals surface area contributed by atoms with Crippen LogP contribution in [0.1, 0.15) is 31.7 Å². The Morgan fingerprint density at radius 2 is 2.04 bits per heavy atom. The first-order valence-corrected chi connectivity index (χ1v) is 9.57. The van der Waals surface area contributed by atoms with Crippen molar-refractivity contribution in [2.75, 3.05) is 19.6 Å². The summed E-state index contributed by atoms with van der Waals surface area (Å²) >= 11 is 1.78. The molecule has 2 aliphatic rings. The fourth-order valence-electron chi connectivity index (χ4n) is 4.70. The molecule has 2 fully saturated rings. The van der Waals surface area contributed by atoms with Gasteiger partial charge in [0, 0.05) is 25.1 Å². The second kappa shape index (κ2) is 5.99. The quantitative estimate of drug-likeness (QED) is 0.846. The van der Waals surface area contributed by atoms with Crippen LogP contribution in [-0.4, -0.2) is 34.7 Å². The number of benzene rings is 1. The van der Waals surface area contributed by atoms with E-state index in [4.69, 9.17) is 0 Å². The largest absolute Gasteiger partial charge is 0.303 e. The van der Waals surface area contributed by atoms with Crippen molar-refractivity contribution in [3.8, 4) is 10.6 Å². The van der Waals surface area contributed by atoms with Crippen LogP contribution in [0.5, 0.6) is 0 Å². The van der Waals surface area contributed by atoms with E-state index in [0.29, 0.717) is 5.41 Å². The zero-order chi connectivity index (χ0) is 15.9. The minimum absolute atomic E-state index is 0.524. The zero-order valence-electron chi connectivity index (χ0n) is 14.0. The first kappa shape index (κ1) is 15.3. The van der Waals surface area contributed by atoms with Gasteiger partial charge in [0.05, 0.1) is 0 Å². The maximum absolute atomic E-state index is 4.49. The topological polar surface area (TPSA) is 29.0 Å². The molecule has 4 heteroatoms. The van der Waals surface area contributed by atoms with Crippen LogP contribution in [0.25, 0.3) is 10.6 Å². The average Bonchev–Trinajstić information content (AvgIpc) is 3.11. The van der Waals surface area contributed by atoms with Gasteiger partial charge in [-0.05, 0) is 36.6 Å². The van der Waals surface area contributed by atoms with E-state index in [0.717, 1.165) is 23.3 Å². The molecule has 3 nitrogen and oxygen atoms in total. The molecule has 0 amide bonds. The van der Waals surface area contributed by atoms with Crippen molar-refractivity contribution in [3.63, 3.8) is 0 Å². The van der Waals surface area contributed by atoms with Crippen molar-refractivity contribution >= 4 is 11.3 Å². The molecule has 3 atom stereocenters. The molecule has 1 aliphatic carbocycles. The van der Waals surface area contributed by atoms with Crippen LogP contribution in [0.2, 0.25) is 0 Å². The number of likely N-dealkylation sites (tertiary alicyclic amines) is 1. The lowest BCUT2D eigenvalue weighted by molar-refractivity contribution is 0.112. The number of fused-ring (bicyclic) bond motifs is 2. The molecule has 4 rings (SSSR count). The van der Waals surface area contributed by atoms with Crippen LogP contribution in [-0.2, 0) is 6.42 Å². The fourth-order valence-corrected chi connectivity index (χ4v) is 5.64. The third-order valence-corrected chi connectivity index (χ3v) is 6.64. The van der Waals surface area contributed by atoms with Crippen LogP contribution in [0.15, 0.2) is 30.3 Å². The van der Waals surface area contributed by atoms with Gasteiger partial charge in [0.2, 0.25) is 0 Å². The van der Waals surface area contributed by atoms with Crippen molar-refractivity contribution in [1.29, 1.82) is 0 Å². The number of hydrogen-bond donors (Lipinski definition) is 0. The van der Waals surface area contributed by atoms with Gasteiger partial charge in [0.1, 0.15) is 10.0 Å². The van der Waals surface area contributed by atoms with E-state index in [1.165, 1.54) is 43.0 Å². The van der Waals surface area contributed by atoms with Crippen molar-refractivity contribution in [1.82, 2.24) is 15.1 Å². The van der Waals surface area contributed by atoms with Crippen LogP contribution in [0, 0.1) is 17.3 Å². The highest BCUT2D eigenvalue weighted by Gasteiger charge is 2.46. The average molecular weight is 327 g/mol. The third-order valence-electron chi connectivity index (χ3n) is 5.65. The first-order valence-electron chi connectivity index (χ1n) is 8.75. The Hall–Kier alpha value is -1.26. The molecule has 1 saturated heterocycles. The highest BCUT2D eigenvalue weighted by molar-refractivity contribution is 7.14. The summed E-state index contributed by atoms with van der Waals surface area (Å²) in [6.45, 7) is 8.52. The molecular weight excluding hydrogens is 302 g/mol. The molecule has 0 radical (unpaired) electrons. The van der Waals surface area contributed by atoms with Gasteiger partial charge in [0.25, 0.3) is 0 Å². The van der Waals surface area contributed by atoms with Gasteiger partial charge >= 0.3 is 0 Å². The predicted octanol–water partition coefficient (Wildman–Crippen LogP) is 4.12. The molecule has 1 aromatic heterocycles. The third kappa shape index (κ3) is 3.07. The van der Waals surface area contributed by atoms with Crippen molar-refractivity contribution < 1.29 is 0 Å². The second-order valence-corrected chi connectivity index (χ2v) is 8.70. The molecule has 2 heterocycles. The predicted molar refractivity (Wildman–Crippen MR) is 95.5 cm³/mol. The molecule has 122 valence electrons. The molecule has 0 N–H and O–H groups in total. The highest BCUT2D eigenvalue weighted by atomic mass is 32.1. The number of aromatic nitrogens is 2. The molecular formula is C19H25N3S. The van der Waals surface area contributed by atoms with Crippen molar-refractivity contribution in [2.24, 2.45) is 17.3 Å². The van der Waals surface area contributed by atoms with Gasteiger partial charge in [-0.25, -0.2) is 0 Å². The summed E-state index contributed by atoms with van der Waals surface area (Å²) in [5.41, 5.74) is 1.71. The summed E-state index contributed by atoms with van der Waals surface area (Å²) in [5.74, 6) is 1.63. The molecule has 1 aromatic carbocycles. The minimum Gasteiger partial charge on any atom is -0.303 e. The van der Waals surface area contributed by atoms with E-state index in [-0.39, 0.29) is 0 Å². The van der Waals surface area contributed by atoms with Gasteiger partial charge < -0.3 is 4.90 Å². The summed E-state index contributed by atoms with van der Waals surface area (Å²) in [7, 11) is 0. The summed E-state index contributed by atoms with van der Waals surface area (Å²) in [6, 6.07) is 10.4. The molecule has 1 saturated carbocycles. The van der Waals surface area contributed by atoms with Gasteiger partial charge in [-0.2, -0.15) is 0 Å². The first-order chi connectivity index (χ1) is 11.1. The minimum atomic E-state index is 0.524. The van der Waals surface area contributed by atoms with E-state index in [1.54, 1.807) is 11.3 Å². The van der Waals surface area contributed by atoms with E-state index in [9.17, 15) is 0 Å². The van der Waals surface area contributed by atoms with Crippen molar-refractivity contribution in [3.05, 3.63) is 35.3 Å². The molecule has 3 unspecified atom stereocenters. The maximum atomic E-state index is 4.49. The Bertz CT molecular complexity index is 668. The highest BCUT2D eigenvalue weighted by Crippen LogP contribution is 2.50. The number of rotatable bonds is 4. The Labute approximate surface area is 142 Å². The molecule has 2 aromatic rings. The van der Waals surface area contributed by atoms with Gasteiger partial charge in [-0.3, -0.25) is 0 Å². The SMILES string of the molecule is CCN1CC2CC(C)(CC2Cc2nnc(-c3ccccc3)s2)C1. The Morgan fingerprint density at radius 1 is 1.22 bits per heavy atom. The van der Waals surface area contributed by atoms with Crippen LogP contribution >= 0.6 is 11.3 Å². The Kier molecular flexibility index (Phi) is 3.98. The monoisotopic (exact) mass is 327 g/mol. The summed E-state index contributed by atoms with van der Waals surface area (Å²) in [6.07, 6.45) is 3.87. The van der Waals surface area contributed by atoms with Gasteiger partial charge in [-0.1, -0.05) is 55.5 Å². The second-order valence-electron chi connectivity index (χ2n) is 7.64. The standard InChI is InChI=1S/C19H25N3S/c1-3-22-12-16-11-19(2,13-22)10-15(16)9-17-20-21-18(23-17)14-7-5-4-6-8-14/h4-8,15-16H,3,9-13H2,1-2H3. The fraction of sp³-hybridized carbons (Fsp3) is 0.579. The normalized spacial score (nSPS) is 30.7. The van der Waals surface area contributed by atoms with Gasteiger partial charge in [0.15, 0.2) is 0 Å². The van der Waals surface area contributed by atoms with Crippen LogP contribution in [0.3, 0.4) is 0 Å². The lowest BCUT2D eigenvalue weighted by atomic mass is 9.84. The number of hydrogen-bond acceptors (Lipinski definition) is 4. The Balaban J connectivity index is 1.48. The van der Waals surface area contributed by atoms with E-state index >= 15 is 0 Å². The lowest BCUT2D eigenvalue weighted by Gasteiger charge is -2.37. The molecule has 23 heavy (non-hydrogen) atoms. The molecule has 1 aliphatic heterocycles. The molecule has 2 bridgehead atoms. The van der Waals surface area contributed by atoms with E-state index in [2.05, 4.69) is 53.2 Å². The smallest absolute Gasteiger partial charge is 0.147 e. The van der Waals surface area contributed by atoms with Gasteiger partial charge in [-0.15, -0.1) is 10.2 Å². The number of piperidine rings is 1. The molecule has 0 spiro atoms. The maximum Gasteiger partial charge on any atom is 0.147 e. The Morgan fingerprint density at radius 3 is 2.83 bits per heavy atom. The van der Waals surface area contributed by atoms with E-state index in [1.807, 2.05) is 6.07 Å². The van der Waals surface area contributed by atoms with Crippen LogP contribution < -0.4 is 0 Å². The van der Waals surface area contributed by atoms with Crippen molar-refractivity contribution in [2.45, 2.75) is 33.1 Å². The zero-order valence-corrected chi connectivity index (χ0v) is 14.9. The van der Waals surface area contributed by atoms with Crippen LogP contribution in [0.4, 0.5) is 0 Å². The summed E-state index contributed by atoms with van der Waals surface area (Å²) in [5, 5.41) is 11.2. The summed E-state index contributed by atoms with van der Waals surface area (Å²) < 4.78 is 0. The lowest BCUT2D eigenvalue weighted by Crippen LogP contribution is -2.41. The number of nitrogens with zero attached hydrogens (tertiary/aromatic N) is 3.